The van der Waals surface area contributed by atoms with E-state index in [1.165, 1.54) is 0 Å². The topological polar surface area (TPSA) is 46.6 Å². The van der Waals surface area contributed by atoms with Gasteiger partial charge in [0.2, 0.25) is 5.91 Å². The standard InChI is InChI=1S/C26H31NO3/c1-2-30-18-22-21(19-11-5-3-6-12-19)17-23(28)25(26(29)27-15-9-10-16-27)24(22)20-13-7-4-8-14-20/h3-8,11-14,21-22,24-25H,2,9-10,15-18H2,1H3/t21-,22-,24+,25+/m1/s1. The highest BCUT2D eigenvalue weighted by Crippen LogP contribution is 2.48. The van der Waals surface area contributed by atoms with Crippen molar-refractivity contribution in [3.05, 3.63) is 71.8 Å². The number of amides is 1. The fourth-order valence-electron chi connectivity index (χ4n) is 5.27. The van der Waals surface area contributed by atoms with Gasteiger partial charge in [-0.15, -0.1) is 0 Å². The van der Waals surface area contributed by atoms with Crippen molar-refractivity contribution in [3.8, 4) is 0 Å². The van der Waals surface area contributed by atoms with Crippen LogP contribution in [-0.2, 0) is 14.3 Å². The molecular formula is C26H31NO3. The van der Waals surface area contributed by atoms with Crippen LogP contribution in [0.4, 0.5) is 0 Å². The van der Waals surface area contributed by atoms with Crippen LogP contribution in [0.1, 0.15) is 49.1 Å². The quantitative estimate of drug-likeness (QED) is 0.669. The number of benzene rings is 2. The van der Waals surface area contributed by atoms with E-state index in [-0.39, 0.29) is 29.4 Å². The summed E-state index contributed by atoms with van der Waals surface area (Å²) in [5, 5.41) is 0. The first-order valence-electron chi connectivity index (χ1n) is 11.2. The molecule has 2 aromatic carbocycles. The van der Waals surface area contributed by atoms with Crippen molar-refractivity contribution >= 4 is 11.7 Å². The molecule has 0 N–H and O–H groups in total. The fraction of sp³-hybridized carbons (Fsp3) is 0.462. The highest BCUT2D eigenvalue weighted by atomic mass is 16.5. The first-order chi connectivity index (χ1) is 14.7. The van der Waals surface area contributed by atoms with Crippen LogP contribution >= 0.6 is 0 Å². The van der Waals surface area contributed by atoms with E-state index >= 15 is 0 Å². The molecule has 1 amide bonds. The summed E-state index contributed by atoms with van der Waals surface area (Å²) >= 11 is 0. The van der Waals surface area contributed by atoms with E-state index in [0.29, 0.717) is 19.6 Å². The number of rotatable bonds is 6. The van der Waals surface area contributed by atoms with Gasteiger partial charge in [-0.2, -0.15) is 0 Å². The minimum atomic E-state index is -0.615. The van der Waals surface area contributed by atoms with Crippen molar-refractivity contribution < 1.29 is 14.3 Å². The number of hydrogen-bond acceptors (Lipinski definition) is 3. The maximum absolute atomic E-state index is 13.5. The first-order valence-corrected chi connectivity index (χ1v) is 11.2. The van der Waals surface area contributed by atoms with Crippen LogP contribution in [0.5, 0.6) is 0 Å². The Morgan fingerprint density at radius 2 is 1.57 bits per heavy atom. The third kappa shape index (κ3) is 4.20. The normalized spacial score (nSPS) is 26.7. The average Bonchev–Trinajstić information content (AvgIpc) is 3.33. The van der Waals surface area contributed by atoms with Crippen LogP contribution in [0.25, 0.3) is 0 Å². The van der Waals surface area contributed by atoms with Crippen molar-refractivity contribution in [2.75, 3.05) is 26.3 Å². The van der Waals surface area contributed by atoms with E-state index in [0.717, 1.165) is 37.1 Å². The smallest absolute Gasteiger partial charge is 0.233 e. The highest BCUT2D eigenvalue weighted by Gasteiger charge is 2.49. The lowest BCUT2D eigenvalue weighted by atomic mass is 9.61. The number of ether oxygens (including phenoxy) is 1. The Bertz CT molecular complexity index is 845. The number of likely N-dealkylation sites (tertiary alicyclic amines) is 1. The van der Waals surface area contributed by atoms with E-state index in [4.69, 9.17) is 4.74 Å². The van der Waals surface area contributed by atoms with Gasteiger partial charge in [0.05, 0.1) is 6.61 Å². The number of nitrogens with zero attached hydrogens (tertiary/aromatic N) is 1. The van der Waals surface area contributed by atoms with Crippen LogP contribution in [0.3, 0.4) is 0 Å². The molecule has 0 radical (unpaired) electrons. The van der Waals surface area contributed by atoms with Gasteiger partial charge < -0.3 is 9.64 Å². The van der Waals surface area contributed by atoms with Crippen LogP contribution in [-0.4, -0.2) is 42.9 Å². The van der Waals surface area contributed by atoms with Crippen molar-refractivity contribution in [2.24, 2.45) is 11.8 Å². The Kier molecular flexibility index (Phi) is 6.63. The summed E-state index contributed by atoms with van der Waals surface area (Å²) in [6.45, 7) is 4.70. The Morgan fingerprint density at radius 3 is 2.17 bits per heavy atom. The molecule has 1 heterocycles. The lowest BCUT2D eigenvalue weighted by molar-refractivity contribution is -0.145. The number of carbonyl (C=O) groups excluding carboxylic acids is 2. The monoisotopic (exact) mass is 405 g/mol. The number of Topliss-reactive ketones (excluding diaryl/α,β-unsaturated/α-hetero) is 1. The summed E-state index contributed by atoms with van der Waals surface area (Å²) in [7, 11) is 0. The lowest BCUT2D eigenvalue weighted by Crippen LogP contribution is -2.48. The van der Waals surface area contributed by atoms with E-state index in [2.05, 4.69) is 24.3 Å². The molecule has 1 aliphatic heterocycles. The van der Waals surface area contributed by atoms with Crippen molar-refractivity contribution in [2.45, 2.75) is 38.0 Å². The van der Waals surface area contributed by atoms with Gasteiger partial charge in [-0.05, 0) is 42.7 Å². The van der Waals surface area contributed by atoms with Crippen molar-refractivity contribution in [1.82, 2.24) is 4.90 Å². The summed E-state index contributed by atoms with van der Waals surface area (Å²) in [5.41, 5.74) is 2.22. The van der Waals surface area contributed by atoms with E-state index in [1.54, 1.807) is 0 Å². The summed E-state index contributed by atoms with van der Waals surface area (Å²) < 4.78 is 5.93. The Labute approximate surface area is 179 Å². The minimum absolute atomic E-state index is 0.0133. The minimum Gasteiger partial charge on any atom is -0.381 e. The molecule has 4 nitrogen and oxygen atoms in total. The molecule has 2 fully saturated rings. The Morgan fingerprint density at radius 1 is 0.967 bits per heavy atom. The van der Waals surface area contributed by atoms with Crippen LogP contribution in [0.2, 0.25) is 0 Å². The molecule has 1 saturated heterocycles. The predicted octanol–water partition coefficient (Wildman–Crippen LogP) is 4.42. The van der Waals surface area contributed by atoms with Gasteiger partial charge in [0.15, 0.2) is 0 Å². The van der Waals surface area contributed by atoms with E-state index in [1.807, 2.05) is 48.2 Å². The average molecular weight is 406 g/mol. The molecule has 4 atom stereocenters. The van der Waals surface area contributed by atoms with Gasteiger partial charge in [0.1, 0.15) is 11.7 Å². The van der Waals surface area contributed by atoms with E-state index in [9.17, 15) is 9.59 Å². The molecular weight excluding hydrogens is 374 g/mol. The maximum atomic E-state index is 13.5. The predicted molar refractivity (Wildman–Crippen MR) is 117 cm³/mol. The van der Waals surface area contributed by atoms with Gasteiger partial charge >= 0.3 is 0 Å². The zero-order valence-corrected chi connectivity index (χ0v) is 17.7. The van der Waals surface area contributed by atoms with Gasteiger partial charge in [0.25, 0.3) is 0 Å². The molecule has 1 aliphatic carbocycles. The third-order valence-electron chi connectivity index (χ3n) is 6.72. The molecule has 0 unspecified atom stereocenters. The second-order valence-corrected chi connectivity index (χ2v) is 8.46. The van der Waals surface area contributed by atoms with Gasteiger partial charge in [-0.3, -0.25) is 9.59 Å². The molecule has 1 saturated carbocycles. The summed E-state index contributed by atoms with van der Waals surface area (Å²) in [6.07, 6.45) is 2.45. The van der Waals surface area contributed by atoms with Crippen LogP contribution in [0.15, 0.2) is 60.7 Å². The molecule has 2 aliphatic rings. The zero-order chi connectivity index (χ0) is 20.9. The van der Waals surface area contributed by atoms with Crippen LogP contribution in [0, 0.1) is 11.8 Å². The number of ketones is 1. The summed E-state index contributed by atoms with van der Waals surface area (Å²) in [4.78, 5) is 28.9. The van der Waals surface area contributed by atoms with Gasteiger partial charge in [-0.25, -0.2) is 0 Å². The highest BCUT2D eigenvalue weighted by molar-refractivity contribution is 6.03. The SMILES string of the molecule is CCOC[C@H]1[C@H](c2ccccc2)[C@@H](C(=O)N2CCCC2)C(=O)C[C@@H]1c1ccccc1. The molecule has 4 rings (SSSR count). The second kappa shape index (κ2) is 9.57. The second-order valence-electron chi connectivity index (χ2n) is 8.46. The molecule has 0 bridgehead atoms. The molecule has 0 spiro atoms. The summed E-state index contributed by atoms with van der Waals surface area (Å²) in [6, 6.07) is 20.4. The zero-order valence-electron chi connectivity index (χ0n) is 17.7. The Balaban J connectivity index is 1.77. The Hall–Kier alpha value is -2.46. The van der Waals surface area contributed by atoms with Crippen molar-refractivity contribution in [1.29, 1.82) is 0 Å². The molecule has 2 aromatic rings. The van der Waals surface area contributed by atoms with E-state index < -0.39 is 5.92 Å². The summed E-state index contributed by atoms with van der Waals surface area (Å²) in [5.74, 6) is -0.572. The third-order valence-corrected chi connectivity index (χ3v) is 6.72. The molecule has 158 valence electrons. The van der Waals surface area contributed by atoms with Gasteiger partial charge in [0, 0.05) is 32.0 Å². The lowest BCUT2D eigenvalue weighted by Gasteiger charge is -2.43. The molecule has 4 heteroatoms. The number of hydrogen-bond donors (Lipinski definition) is 0. The first kappa shape index (κ1) is 20.8. The fourth-order valence-corrected chi connectivity index (χ4v) is 5.27. The molecule has 0 aromatic heterocycles. The van der Waals surface area contributed by atoms with Crippen molar-refractivity contribution in [3.63, 3.8) is 0 Å². The van der Waals surface area contributed by atoms with Gasteiger partial charge in [-0.1, -0.05) is 60.7 Å². The van der Waals surface area contributed by atoms with Crippen LogP contribution < -0.4 is 0 Å². The molecule has 30 heavy (non-hydrogen) atoms. The maximum Gasteiger partial charge on any atom is 0.233 e. The number of carbonyl (C=O) groups is 2. The largest absolute Gasteiger partial charge is 0.381 e.